The van der Waals surface area contributed by atoms with Crippen molar-refractivity contribution in [1.29, 1.82) is 0 Å². The first-order valence-electron chi connectivity index (χ1n) is 10.4. The molecule has 0 unspecified atom stereocenters. The van der Waals surface area contributed by atoms with Gasteiger partial charge in [0.1, 0.15) is 11.5 Å². The van der Waals surface area contributed by atoms with Gasteiger partial charge in [-0.25, -0.2) is 0 Å². The fraction of sp³-hybridized carbons (Fsp3) is 0.348. The summed E-state index contributed by atoms with van der Waals surface area (Å²) in [5.74, 6) is 0.922. The van der Waals surface area contributed by atoms with Crippen LogP contribution in [0.5, 0.6) is 0 Å². The molecule has 0 radical (unpaired) electrons. The Kier molecular flexibility index (Phi) is 3.66. The first-order valence-corrected chi connectivity index (χ1v) is 10.4. The average Bonchev–Trinajstić information content (AvgIpc) is 3.39. The number of nitro groups is 1. The van der Waals surface area contributed by atoms with E-state index in [1.54, 1.807) is 31.2 Å². The second-order valence-electron chi connectivity index (χ2n) is 8.87. The van der Waals surface area contributed by atoms with Gasteiger partial charge in [0, 0.05) is 6.07 Å². The molecule has 4 aliphatic carbocycles. The molecule has 5 aliphatic rings. The van der Waals surface area contributed by atoms with Gasteiger partial charge in [0.25, 0.3) is 17.5 Å². The predicted molar refractivity (Wildman–Crippen MR) is 110 cm³/mol. The van der Waals surface area contributed by atoms with Crippen molar-refractivity contribution in [2.75, 3.05) is 0 Å². The van der Waals surface area contributed by atoms with Crippen LogP contribution < -0.4 is 0 Å². The van der Waals surface area contributed by atoms with E-state index in [9.17, 15) is 19.7 Å². The third-order valence-electron chi connectivity index (χ3n) is 7.18. The summed E-state index contributed by atoms with van der Waals surface area (Å²) in [5, 5.41) is 16.5. The average molecular weight is 417 g/mol. The van der Waals surface area contributed by atoms with E-state index in [-0.39, 0.29) is 41.2 Å². The maximum atomic E-state index is 13.0. The lowest BCUT2D eigenvalue weighted by Crippen LogP contribution is -2.40. The minimum absolute atomic E-state index is 0.0478. The van der Waals surface area contributed by atoms with Crippen LogP contribution in [-0.2, 0) is 9.59 Å². The Hall–Kier alpha value is -3.55. The molecule has 0 N–H and O–H groups in total. The number of amides is 2. The lowest BCUT2D eigenvalue weighted by Gasteiger charge is -2.37. The molecule has 1 aromatic heterocycles. The van der Waals surface area contributed by atoms with Gasteiger partial charge in [-0.05, 0) is 60.8 Å². The van der Waals surface area contributed by atoms with Crippen molar-refractivity contribution in [3.05, 3.63) is 63.9 Å². The lowest BCUT2D eigenvalue weighted by atomic mass is 9.63. The Balaban J connectivity index is 1.26. The number of aryl methyl sites for hydroxylation is 1. The van der Waals surface area contributed by atoms with Gasteiger partial charge < -0.3 is 4.42 Å². The Morgan fingerprint density at radius 2 is 1.77 bits per heavy atom. The molecule has 2 heterocycles. The highest BCUT2D eigenvalue weighted by molar-refractivity contribution is 6.06. The quantitative estimate of drug-likeness (QED) is 0.249. The number of nitrogens with zero attached hydrogens (tertiary/aromatic N) is 3. The highest BCUT2D eigenvalue weighted by Crippen LogP contribution is 2.65. The van der Waals surface area contributed by atoms with E-state index in [1.165, 1.54) is 12.3 Å². The summed E-state index contributed by atoms with van der Waals surface area (Å²) in [6.07, 6.45) is 6.67. The van der Waals surface area contributed by atoms with Crippen molar-refractivity contribution in [2.24, 2.45) is 40.6 Å². The number of allylic oxidation sites excluding steroid dienone is 2. The van der Waals surface area contributed by atoms with Crippen LogP contribution in [0.15, 0.2) is 52.0 Å². The number of imide groups is 1. The minimum atomic E-state index is -0.450. The fourth-order valence-corrected chi connectivity index (χ4v) is 5.74. The molecule has 7 rings (SSSR count). The molecule has 1 aliphatic heterocycles. The predicted octanol–water partition coefficient (Wildman–Crippen LogP) is 3.55. The molecule has 1 saturated heterocycles. The van der Waals surface area contributed by atoms with Crippen molar-refractivity contribution in [3.63, 3.8) is 0 Å². The SMILES string of the molecule is Cc1ccc(-c2ccc(/C=N\N3C(=O)[C@H]4[C@@H]5C=C[C@H]([C@H]6C[C@H]56)[C@@H]4C3=O)o2)c([N+](=O)[O-])c1. The number of carbonyl (C=O) groups excluding carboxylic acids is 2. The van der Waals surface area contributed by atoms with Gasteiger partial charge in [0.05, 0.1) is 28.5 Å². The van der Waals surface area contributed by atoms with E-state index < -0.39 is 4.92 Å². The molecule has 0 spiro atoms. The van der Waals surface area contributed by atoms with Crippen molar-refractivity contribution >= 4 is 23.7 Å². The molecule has 3 fully saturated rings. The molecule has 2 aromatic rings. The Morgan fingerprint density at radius 3 is 2.42 bits per heavy atom. The number of furan rings is 1. The number of carbonyl (C=O) groups is 2. The normalized spacial score (nSPS) is 32.6. The summed E-state index contributed by atoms with van der Waals surface area (Å²) in [7, 11) is 0. The fourth-order valence-electron chi connectivity index (χ4n) is 5.74. The molecular weight excluding hydrogens is 398 g/mol. The largest absolute Gasteiger partial charge is 0.455 e. The molecule has 2 amide bonds. The molecule has 8 heteroatoms. The summed E-state index contributed by atoms with van der Waals surface area (Å²) in [6, 6.07) is 8.13. The molecule has 2 saturated carbocycles. The molecular formula is C23H19N3O5. The molecule has 2 bridgehead atoms. The standard InChI is InChI=1S/C23H19N3O5/c1-11-2-4-15(18(8-11)26(29)30)19-7-3-12(31-19)10-24-25-22(27)20-13-5-6-14(17-9-16(13)17)21(20)23(25)28/h2-8,10,13-14,16-17,20-21H,9H2,1H3/b24-10-/t13-,14-,16-,17-,20+,21+/m1/s1. The molecule has 31 heavy (non-hydrogen) atoms. The van der Waals surface area contributed by atoms with Gasteiger partial charge in [-0.1, -0.05) is 18.2 Å². The van der Waals surface area contributed by atoms with Crippen LogP contribution >= 0.6 is 0 Å². The van der Waals surface area contributed by atoms with E-state index >= 15 is 0 Å². The van der Waals surface area contributed by atoms with E-state index in [0.29, 0.717) is 28.9 Å². The van der Waals surface area contributed by atoms with Gasteiger partial charge in [-0.3, -0.25) is 19.7 Å². The van der Waals surface area contributed by atoms with Crippen LogP contribution in [-0.4, -0.2) is 28.0 Å². The van der Waals surface area contributed by atoms with Crippen molar-refractivity contribution < 1.29 is 18.9 Å². The molecule has 156 valence electrons. The summed E-state index contributed by atoms with van der Waals surface area (Å²) in [4.78, 5) is 36.8. The Labute approximate surface area is 177 Å². The summed E-state index contributed by atoms with van der Waals surface area (Å²) in [6.45, 7) is 1.78. The van der Waals surface area contributed by atoms with Gasteiger partial charge in [0.2, 0.25) is 0 Å². The van der Waals surface area contributed by atoms with Crippen LogP contribution in [0, 0.1) is 52.5 Å². The highest BCUT2D eigenvalue weighted by Gasteiger charge is 2.67. The third kappa shape index (κ3) is 2.57. The summed E-state index contributed by atoms with van der Waals surface area (Å²) in [5.41, 5.74) is 1.09. The molecule has 1 aromatic carbocycles. The van der Waals surface area contributed by atoms with Crippen molar-refractivity contribution in [2.45, 2.75) is 13.3 Å². The Morgan fingerprint density at radius 1 is 1.10 bits per heavy atom. The van der Waals surface area contributed by atoms with Crippen molar-refractivity contribution in [3.8, 4) is 11.3 Å². The van der Waals surface area contributed by atoms with E-state index in [4.69, 9.17) is 4.42 Å². The third-order valence-corrected chi connectivity index (χ3v) is 7.18. The monoisotopic (exact) mass is 417 g/mol. The zero-order valence-electron chi connectivity index (χ0n) is 16.7. The lowest BCUT2D eigenvalue weighted by molar-refractivity contribution is -0.384. The van der Waals surface area contributed by atoms with Gasteiger partial charge in [-0.15, -0.1) is 0 Å². The Bertz CT molecular complexity index is 1180. The van der Waals surface area contributed by atoms with Crippen LogP contribution in [0.2, 0.25) is 0 Å². The summed E-state index contributed by atoms with van der Waals surface area (Å²) < 4.78 is 5.71. The molecule has 6 atom stereocenters. The first-order chi connectivity index (χ1) is 14.9. The maximum absolute atomic E-state index is 13.0. The van der Waals surface area contributed by atoms with Crippen molar-refractivity contribution in [1.82, 2.24) is 5.01 Å². The minimum Gasteiger partial charge on any atom is -0.455 e. The van der Waals surface area contributed by atoms with E-state index in [1.807, 2.05) is 0 Å². The van der Waals surface area contributed by atoms with Crippen LogP contribution in [0.3, 0.4) is 0 Å². The number of rotatable bonds is 4. The number of nitro benzene ring substituents is 1. The number of hydrazone groups is 1. The smallest absolute Gasteiger partial charge is 0.280 e. The topological polar surface area (TPSA) is 106 Å². The van der Waals surface area contributed by atoms with Gasteiger partial charge in [-0.2, -0.15) is 10.1 Å². The second kappa shape index (κ2) is 6.23. The number of hydrogen-bond acceptors (Lipinski definition) is 6. The summed E-state index contributed by atoms with van der Waals surface area (Å²) >= 11 is 0. The maximum Gasteiger partial charge on any atom is 0.280 e. The first kappa shape index (κ1) is 18.2. The zero-order valence-corrected chi connectivity index (χ0v) is 16.7. The van der Waals surface area contributed by atoms with E-state index in [0.717, 1.165) is 17.0 Å². The molecule has 8 nitrogen and oxygen atoms in total. The van der Waals surface area contributed by atoms with Crippen LogP contribution in [0.4, 0.5) is 5.69 Å². The number of hydrogen-bond donors (Lipinski definition) is 0. The highest BCUT2D eigenvalue weighted by atomic mass is 16.6. The number of benzene rings is 1. The van der Waals surface area contributed by atoms with Crippen LogP contribution in [0.25, 0.3) is 11.3 Å². The van der Waals surface area contributed by atoms with Gasteiger partial charge in [0.15, 0.2) is 0 Å². The van der Waals surface area contributed by atoms with E-state index in [2.05, 4.69) is 17.3 Å². The van der Waals surface area contributed by atoms with Gasteiger partial charge >= 0.3 is 0 Å². The van der Waals surface area contributed by atoms with Crippen LogP contribution in [0.1, 0.15) is 17.7 Å². The second-order valence-corrected chi connectivity index (χ2v) is 8.87. The zero-order chi connectivity index (χ0) is 21.4.